The van der Waals surface area contributed by atoms with Crippen LogP contribution in [0.5, 0.6) is 0 Å². The Balaban J connectivity index is 0.914. The van der Waals surface area contributed by atoms with Crippen LogP contribution in [0.3, 0.4) is 0 Å². The third-order valence-corrected chi connectivity index (χ3v) is 14.9. The van der Waals surface area contributed by atoms with Gasteiger partial charge in [-0.2, -0.15) is 0 Å². The lowest BCUT2D eigenvalue weighted by molar-refractivity contribution is 0.660. The third kappa shape index (κ3) is 4.90. The molecule has 15 aromatic rings. The normalized spacial score (nSPS) is 12.3. The molecule has 0 fully saturated rings. The van der Waals surface area contributed by atoms with Crippen LogP contribution < -0.4 is 0 Å². The number of hydrogen-bond acceptors (Lipinski definition) is 3. The van der Waals surface area contributed by atoms with Gasteiger partial charge in [-0.15, -0.1) is 11.3 Å². The minimum Gasteiger partial charge on any atom is -0.456 e. The molecule has 0 unspecified atom stereocenters. The molecule has 0 atom stereocenters. The van der Waals surface area contributed by atoms with Crippen LogP contribution in [0.4, 0.5) is 0 Å². The topological polar surface area (TPSA) is 36.1 Å². The summed E-state index contributed by atoms with van der Waals surface area (Å²) >= 11 is 1.86. The first kappa shape index (κ1) is 35.1. The quantitative estimate of drug-likeness (QED) is 0.177. The van der Waals surface area contributed by atoms with E-state index in [1.165, 1.54) is 75.0 Å². The number of thiophene rings is 1. The lowest BCUT2D eigenvalue weighted by atomic mass is 9.98. The molecule has 0 aliphatic heterocycles. The van der Waals surface area contributed by atoms with E-state index >= 15 is 0 Å². The van der Waals surface area contributed by atoms with Crippen molar-refractivity contribution in [3.63, 3.8) is 0 Å². The van der Waals surface area contributed by atoms with Gasteiger partial charge in [0.25, 0.3) is 0 Å². The van der Waals surface area contributed by atoms with Crippen molar-refractivity contribution in [1.29, 1.82) is 0 Å². The highest BCUT2D eigenvalue weighted by molar-refractivity contribution is 7.25. The Morgan fingerprint density at radius 2 is 0.892 bits per heavy atom. The summed E-state index contributed by atoms with van der Waals surface area (Å²) in [6, 6.07) is 74.7. The van der Waals surface area contributed by atoms with Crippen molar-refractivity contribution in [2.45, 2.75) is 0 Å². The Labute approximate surface area is 375 Å². The van der Waals surface area contributed by atoms with Crippen LogP contribution in [0.2, 0.25) is 0 Å². The summed E-state index contributed by atoms with van der Waals surface area (Å²) in [4.78, 5) is 0. The van der Waals surface area contributed by atoms with Gasteiger partial charge in [0, 0.05) is 80.6 Å². The van der Waals surface area contributed by atoms with E-state index in [4.69, 9.17) is 8.83 Å². The van der Waals surface area contributed by atoms with Gasteiger partial charge in [0.1, 0.15) is 16.7 Å². The van der Waals surface area contributed by atoms with E-state index in [1.807, 2.05) is 29.5 Å². The second-order valence-corrected chi connectivity index (χ2v) is 18.3. The van der Waals surface area contributed by atoms with Crippen molar-refractivity contribution >= 4 is 119 Å². The van der Waals surface area contributed by atoms with Crippen molar-refractivity contribution in [1.82, 2.24) is 9.13 Å². The molecule has 0 aliphatic rings. The first-order valence-electron chi connectivity index (χ1n) is 22.1. The maximum Gasteiger partial charge on any atom is 0.160 e. The van der Waals surface area contributed by atoms with Gasteiger partial charge in [-0.1, -0.05) is 127 Å². The molecule has 302 valence electrons. The van der Waals surface area contributed by atoms with Crippen LogP contribution in [0, 0.1) is 0 Å². The van der Waals surface area contributed by atoms with Gasteiger partial charge < -0.3 is 18.0 Å². The predicted molar refractivity (Wildman–Crippen MR) is 273 cm³/mol. The zero-order valence-electron chi connectivity index (χ0n) is 34.7. The molecule has 0 N–H and O–H groups in total. The number of nitrogens with zero attached hydrogens (tertiary/aromatic N) is 2. The molecule has 0 aliphatic carbocycles. The molecular formula is C60H34N2O2S. The van der Waals surface area contributed by atoms with Gasteiger partial charge in [0.2, 0.25) is 0 Å². The molecule has 65 heavy (non-hydrogen) atoms. The van der Waals surface area contributed by atoms with Crippen LogP contribution in [-0.4, -0.2) is 9.13 Å². The summed E-state index contributed by atoms with van der Waals surface area (Å²) in [5.74, 6) is 0. The summed E-state index contributed by atoms with van der Waals surface area (Å²) in [5.41, 5.74) is 15.0. The van der Waals surface area contributed by atoms with Crippen molar-refractivity contribution in [2.24, 2.45) is 0 Å². The first-order valence-corrected chi connectivity index (χ1v) is 22.9. The summed E-state index contributed by atoms with van der Waals surface area (Å²) in [5, 5.41) is 11.8. The van der Waals surface area contributed by atoms with Crippen molar-refractivity contribution in [2.75, 3.05) is 0 Å². The molecule has 0 bridgehead atoms. The van der Waals surface area contributed by atoms with Crippen molar-refractivity contribution < 1.29 is 8.83 Å². The molecule has 5 aromatic heterocycles. The van der Waals surface area contributed by atoms with Gasteiger partial charge in [0.05, 0.1) is 27.8 Å². The van der Waals surface area contributed by atoms with Crippen molar-refractivity contribution in [3.8, 4) is 33.6 Å². The van der Waals surface area contributed by atoms with Crippen LogP contribution in [0.25, 0.3) is 141 Å². The fourth-order valence-electron chi connectivity index (χ4n) is 10.9. The van der Waals surface area contributed by atoms with Gasteiger partial charge >= 0.3 is 0 Å². The number of rotatable bonds is 4. The van der Waals surface area contributed by atoms with Crippen molar-refractivity contribution in [3.05, 3.63) is 206 Å². The lowest BCUT2D eigenvalue weighted by Gasteiger charge is -2.12. The molecule has 0 saturated heterocycles. The monoisotopic (exact) mass is 846 g/mol. The number of aromatic nitrogens is 2. The number of fused-ring (bicyclic) bond motifs is 16. The largest absolute Gasteiger partial charge is 0.456 e. The minimum absolute atomic E-state index is 0.845. The summed E-state index contributed by atoms with van der Waals surface area (Å²) in [6.45, 7) is 0. The molecule has 5 heteroatoms. The Bertz CT molecular complexity index is 4480. The van der Waals surface area contributed by atoms with Crippen LogP contribution in [0.1, 0.15) is 0 Å². The number of furan rings is 2. The summed E-state index contributed by atoms with van der Waals surface area (Å²) in [7, 11) is 0. The van der Waals surface area contributed by atoms with Gasteiger partial charge in [-0.05, 0) is 89.5 Å². The minimum atomic E-state index is 0.845. The van der Waals surface area contributed by atoms with Crippen LogP contribution in [0.15, 0.2) is 215 Å². The second-order valence-electron chi connectivity index (χ2n) is 17.2. The average molecular weight is 847 g/mol. The molecule has 0 saturated carbocycles. The molecule has 15 rings (SSSR count). The van der Waals surface area contributed by atoms with E-state index in [2.05, 4.69) is 197 Å². The third-order valence-electron chi connectivity index (χ3n) is 13.7. The molecule has 10 aromatic carbocycles. The molecule has 0 amide bonds. The molecular weight excluding hydrogens is 813 g/mol. The molecule has 5 heterocycles. The Morgan fingerprint density at radius 3 is 1.66 bits per heavy atom. The first-order chi connectivity index (χ1) is 32.2. The fourth-order valence-corrected chi connectivity index (χ4v) is 12.0. The lowest BCUT2D eigenvalue weighted by Crippen LogP contribution is -1.95. The van der Waals surface area contributed by atoms with Gasteiger partial charge in [-0.25, -0.2) is 0 Å². The predicted octanol–water partition coefficient (Wildman–Crippen LogP) is 17.4. The highest BCUT2D eigenvalue weighted by Crippen LogP contribution is 2.46. The summed E-state index contributed by atoms with van der Waals surface area (Å²) < 4.78 is 20.8. The highest BCUT2D eigenvalue weighted by atomic mass is 32.1. The summed E-state index contributed by atoms with van der Waals surface area (Å²) in [6.07, 6.45) is 0. The zero-order valence-corrected chi connectivity index (χ0v) is 35.6. The van der Waals surface area contributed by atoms with Crippen LogP contribution in [-0.2, 0) is 0 Å². The second kappa shape index (κ2) is 13.1. The van der Waals surface area contributed by atoms with E-state index in [0.717, 1.165) is 66.3 Å². The average Bonchev–Trinajstić information content (AvgIpc) is 4.18. The Kier molecular flexibility index (Phi) is 7.07. The Morgan fingerprint density at radius 1 is 0.338 bits per heavy atom. The zero-order chi connectivity index (χ0) is 42.3. The number of hydrogen-bond donors (Lipinski definition) is 0. The maximum absolute atomic E-state index is 6.83. The van der Waals surface area contributed by atoms with Gasteiger partial charge in [-0.3, -0.25) is 0 Å². The van der Waals surface area contributed by atoms with E-state index in [0.29, 0.717) is 0 Å². The van der Waals surface area contributed by atoms with Crippen LogP contribution >= 0.6 is 11.3 Å². The van der Waals surface area contributed by atoms with E-state index in [9.17, 15) is 0 Å². The molecule has 0 spiro atoms. The highest BCUT2D eigenvalue weighted by Gasteiger charge is 2.24. The Hall–Kier alpha value is -8.38. The van der Waals surface area contributed by atoms with E-state index < -0.39 is 0 Å². The standard InChI is InChI=1S/C60H34N2O2S/c1-2-13-38(14-3-1)61-48-21-8-4-15-40(48)42-20-12-19-39(59(42)61)37-27-30-56-47(33-37)46-32-36(26-29-55(46)65-56)35-25-28-50-45(31-35)41-16-5-9-22-49(41)62(50)51-34-54-57(43-17-6-10-23-52(43)63-54)58-44-18-7-11-24-53(44)64-60(51)58/h1-34H. The molecule has 0 radical (unpaired) electrons. The fraction of sp³-hybridized carbons (Fsp3) is 0. The maximum atomic E-state index is 6.83. The van der Waals surface area contributed by atoms with Gasteiger partial charge in [0.15, 0.2) is 5.58 Å². The van der Waals surface area contributed by atoms with E-state index in [-0.39, 0.29) is 0 Å². The van der Waals surface area contributed by atoms with E-state index in [1.54, 1.807) is 0 Å². The smallest absolute Gasteiger partial charge is 0.160 e. The molecule has 4 nitrogen and oxygen atoms in total. The number of para-hydroxylation sites is 6. The number of benzene rings is 10. The SMILES string of the molecule is c1ccc(-n2c3ccccc3c3cccc(-c4ccc5sc6ccc(-c7ccc8c(c7)c7ccccc7n8-c7cc8oc9ccccc9c8c8c7oc7ccccc78)cc6c5c4)c32)cc1.